The fourth-order valence-electron chi connectivity index (χ4n) is 4.21. The lowest BCUT2D eigenvalue weighted by Gasteiger charge is -2.14. The van der Waals surface area contributed by atoms with E-state index in [9.17, 15) is 9.59 Å². The predicted molar refractivity (Wildman–Crippen MR) is 144 cm³/mol. The number of fused-ring (bicyclic) bond motifs is 2. The van der Waals surface area contributed by atoms with E-state index >= 15 is 0 Å². The number of carbonyl (C=O) groups excluding carboxylic acids is 1. The van der Waals surface area contributed by atoms with Gasteiger partial charge in [-0.05, 0) is 49.4 Å². The van der Waals surface area contributed by atoms with Crippen molar-refractivity contribution in [2.75, 3.05) is 14.2 Å². The van der Waals surface area contributed by atoms with Gasteiger partial charge in [0.15, 0.2) is 11.5 Å². The van der Waals surface area contributed by atoms with E-state index in [0.717, 1.165) is 10.2 Å². The molecule has 0 aliphatic heterocycles. The van der Waals surface area contributed by atoms with E-state index in [1.54, 1.807) is 37.3 Å². The Labute approximate surface area is 217 Å². The van der Waals surface area contributed by atoms with Crippen LogP contribution in [0.25, 0.3) is 31.8 Å². The molecule has 0 spiro atoms. The van der Waals surface area contributed by atoms with Gasteiger partial charge in [-0.3, -0.25) is 4.79 Å². The molecular weight excluding hydrogens is 490 g/mol. The molecule has 0 aliphatic rings. The van der Waals surface area contributed by atoms with Gasteiger partial charge in [0.1, 0.15) is 22.1 Å². The van der Waals surface area contributed by atoms with E-state index in [4.69, 9.17) is 23.6 Å². The quantitative estimate of drug-likeness (QED) is 0.183. The Morgan fingerprint density at radius 3 is 2.41 bits per heavy atom. The SMILES string of the molecule is COc1ccc(C(=O)Oc2ccc3c(=O)c(-c4nc5ccccc5s4)c(C(C)C)oc3c2C)cc1OC. The van der Waals surface area contributed by atoms with Crippen LogP contribution in [0.2, 0.25) is 0 Å². The predicted octanol–water partition coefficient (Wildman–Crippen LogP) is 6.74. The van der Waals surface area contributed by atoms with E-state index < -0.39 is 5.97 Å². The van der Waals surface area contributed by atoms with Gasteiger partial charge in [-0.15, -0.1) is 11.3 Å². The number of methoxy groups -OCH3 is 2. The largest absolute Gasteiger partial charge is 0.493 e. The number of benzene rings is 3. The first-order valence-corrected chi connectivity index (χ1v) is 12.5. The van der Waals surface area contributed by atoms with Gasteiger partial charge in [0, 0.05) is 11.5 Å². The van der Waals surface area contributed by atoms with Gasteiger partial charge in [0.2, 0.25) is 5.43 Å². The Kier molecular flexibility index (Phi) is 6.43. The van der Waals surface area contributed by atoms with Crippen molar-refractivity contribution < 1.29 is 23.4 Å². The highest BCUT2D eigenvalue weighted by atomic mass is 32.1. The van der Waals surface area contributed by atoms with Crippen LogP contribution in [0.1, 0.15) is 41.4 Å². The number of esters is 1. The summed E-state index contributed by atoms with van der Waals surface area (Å²) in [6.07, 6.45) is 0. The number of hydrogen-bond donors (Lipinski definition) is 0. The monoisotopic (exact) mass is 515 g/mol. The number of ether oxygens (including phenoxy) is 3. The Bertz CT molecular complexity index is 1680. The van der Waals surface area contributed by atoms with E-state index in [1.807, 2.05) is 38.1 Å². The second kappa shape index (κ2) is 9.71. The minimum absolute atomic E-state index is 0.0727. The van der Waals surface area contributed by atoms with Crippen molar-refractivity contribution in [1.82, 2.24) is 4.98 Å². The number of thiazole rings is 1. The van der Waals surface area contributed by atoms with Gasteiger partial charge >= 0.3 is 5.97 Å². The van der Waals surface area contributed by atoms with Crippen LogP contribution >= 0.6 is 11.3 Å². The zero-order valence-corrected chi connectivity index (χ0v) is 21.9. The van der Waals surface area contributed by atoms with Gasteiger partial charge in [0.05, 0.1) is 40.9 Å². The third-order valence-electron chi connectivity index (χ3n) is 6.14. The van der Waals surface area contributed by atoms with Crippen LogP contribution in [0.3, 0.4) is 0 Å². The molecule has 188 valence electrons. The summed E-state index contributed by atoms with van der Waals surface area (Å²) >= 11 is 1.46. The average Bonchev–Trinajstić information content (AvgIpc) is 3.33. The molecule has 2 aromatic heterocycles. The van der Waals surface area contributed by atoms with Crippen molar-refractivity contribution in [3.05, 3.63) is 81.7 Å². The molecule has 0 N–H and O–H groups in total. The lowest BCUT2D eigenvalue weighted by molar-refractivity contribution is 0.0733. The molecule has 0 saturated carbocycles. The second-order valence-electron chi connectivity index (χ2n) is 8.84. The Morgan fingerprint density at radius 2 is 1.70 bits per heavy atom. The number of hydrogen-bond acceptors (Lipinski definition) is 8. The fraction of sp³-hybridized carbons (Fsp3) is 0.207. The highest BCUT2D eigenvalue weighted by Crippen LogP contribution is 2.37. The van der Waals surface area contributed by atoms with Crippen LogP contribution in [0.5, 0.6) is 17.2 Å². The van der Waals surface area contributed by atoms with Crippen molar-refractivity contribution in [1.29, 1.82) is 0 Å². The molecular formula is C29H25NO6S. The van der Waals surface area contributed by atoms with Gasteiger partial charge in [0.25, 0.3) is 0 Å². The van der Waals surface area contributed by atoms with Crippen LogP contribution in [0.4, 0.5) is 0 Å². The molecule has 5 aromatic rings. The number of rotatable bonds is 6. The molecule has 5 rings (SSSR count). The second-order valence-corrected chi connectivity index (χ2v) is 9.87. The number of aromatic nitrogens is 1. The molecule has 0 saturated heterocycles. The Morgan fingerprint density at radius 1 is 0.973 bits per heavy atom. The summed E-state index contributed by atoms with van der Waals surface area (Å²) < 4.78 is 23.6. The van der Waals surface area contributed by atoms with E-state index in [2.05, 4.69) is 0 Å². The molecule has 3 aromatic carbocycles. The smallest absolute Gasteiger partial charge is 0.343 e. The highest BCUT2D eigenvalue weighted by molar-refractivity contribution is 7.21. The zero-order chi connectivity index (χ0) is 26.3. The first kappa shape index (κ1) is 24.5. The van der Waals surface area contributed by atoms with Crippen LogP contribution < -0.4 is 19.6 Å². The van der Waals surface area contributed by atoms with E-state index in [1.165, 1.54) is 25.6 Å². The molecule has 0 bridgehead atoms. The van der Waals surface area contributed by atoms with E-state index in [0.29, 0.717) is 55.7 Å². The number of para-hydroxylation sites is 1. The lowest BCUT2D eigenvalue weighted by Crippen LogP contribution is -2.13. The summed E-state index contributed by atoms with van der Waals surface area (Å²) in [6, 6.07) is 15.8. The average molecular weight is 516 g/mol. The molecule has 37 heavy (non-hydrogen) atoms. The maximum Gasteiger partial charge on any atom is 0.343 e. The van der Waals surface area contributed by atoms with Crippen LogP contribution in [0.15, 0.2) is 63.8 Å². The first-order valence-electron chi connectivity index (χ1n) is 11.7. The summed E-state index contributed by atoms with van der Waals surface area (Å²) in [5.41, 5.74) is 2.39. The molecule has 8 heteroatoms. The molecule has 7 nitrogen and oxygen atoms in total. The summed E-state index contributed by atoms with van der Waals surface area (Å²) in [5.74, 6) is 1.13. The van der Waals surface area contributed by atoms with Crippen molar-refractivity contribution in [3.63, 3.8) is 0 Å². The molecule has 0 amide bonds. The van der Waals surface area contributed by atoms with Gasteiger partial charge in [-0.25, -0.2) is 9.78 Å². The summed E-state index contributed by atoms with van der Waals surface area (Å²) in [6.45, 7) is 5.71. The summed E-state index contributed by atoms with van der Waals surface area (Å²) in [7, 11) is 3.02. The normalized spacial score (nSPS) is 11.3. The first-order chi connectivity index (χ1) is 17.8. The summed E-state index contributed by atoms with van der Waals surface area (Å²) in [4.78, 5) is 31.4. The van der Waals surface area contributed by atoms with E-state index in [-0.39, 0.29) is 11.3 Å². The topological polar surface area (TPSA) is 87.9 Å². The van der Waals surface area contributed by atoms with Crippen LogP contribution in [0, 0.1) is 6.92 Å². The highest BCUT2D eigenvalue weighted by Gasteiger charge is 2.24. The van der Waals surface area contributed by atoms with Crippen molar-refractivity contribution in [3.8, 4) is 27.8 Å². The minimum Gasteiger partial charge on any atom is -0.493 e. The Balaban J connectivity index is 1.59. The minimum atomic E-state index is -0.569. The maximum absolute atomic E-state index is 13.7. The van der Waals surface area contributed by atoms with Gasteiger partial charge in [-0.1, -0.05) is 26.0 Å². The third kappa shape index (κ3) is 4.34. The lowest BCUT2D eigenvalue weighted by atomic mass is 10.0. The van der Waals surface area contributed by atoms with Crippen LogP contribution in [-0.4, -0.2) is 25.2 Å². The standard InChI is InChI=1S/C29H25NO6S/c1-15(2)26-24(28-30-19-8-6-7-9-23(19)37-28)25(31)18-11-13-20(16(3)27(18)36-26)35-29(32)17-10-12-21(33-4)22(14-17)34-5/h6-15H,1-5H3. The maximum atomic E-state index is 13.7. The van der Waals surface area contributed by atoms with Crippen molar-refractivity contribution in [2.24, 2.45) is 0 Å². The van der Waals surface area contributed by atoms with Crippen molar-refractivity contribution in [2.45, 2.75) is 26.7 Å². The third-order valence-corrected chi connectivity index (χ3v) is 7.19. The summed E-state index contributed by atoms with van der Waals surface area (Å²) in [5, 5.41) is 1.03. The number of aryl methyl sites for hydroxylation is 1. The Hall–Kier alpha value is -4.17. The van der Waals surface area contributed by atoms with Crippen molar-refractivity contribution >= 4 is 38.5 Å². The molecule has 0 fully saturated rings. The van der Waals surface area contributed by atoms with Gasteiger partial charge in [-0.2, -0.15) is 0 Å². The van der Waals surface area contributed by atoms with Crippen LogP contribution in [-0.2, 0) is 0 Å². The zero-order valence-electron chi connectivity index (χ0n) is 21.1. The fourth-order valence-corrected chi connectivity index (χ4v) is 5.22. The molecule has 0 unspecified atom stereocenters. The molecule has 0 aliphatic carbocycles. The molecule has 0 atom stereocenters. The molecule has 2 heterocycles. The molecule has 0 radical (unpaired) electrons. The number of carbonyl (C=O) groups is 1. The number of nitrogens with zero attached hydrogens (tertiary/aromatic N) is 1. The van der Waals surface area contributed by atoms with Gasteiger partial charge < -0.3 is 18.6 Å².